The molecular weight excluding hydrogens is 260 g/mol. The summed E-state index contributed by atoms with van der Waals surface area (Å²) in [6, 6.07) is 12.6. The molecule has 0 aliphatic rings. The molecule has 0 atom stereocenters. The lowest BCUT2D eigenvalue weighted by molar-refractivity contribution is 0.568. The Bertz CT molecular complexity index is 904. The van der Waals surface area contributed by atoms with Crippen molar-refractivity contribution < 1.29 is 4.42 Å². The van der Waals surface area contributed by atoms with Gasteiger partial charge in [-0.05, 0) is 24.6 Å². The van der Waals surface area contributed by atoms with Crippen molar-refractivity contribution in [1.29, 1.82) is 0 Å². The van der Waals surface area contributed by atoms with Gasteiger partial charge in [0.15, 0.2) is 0 Å². The molecule has 3 heteroatoms. The second kappa shape index (κ2) is 4.63. The first-order valence-electron chi connectivity index (χ1n) is 6.88. The van der Waals surface area contributed by atoms with E-state index < -0.39 is 0 Å². The lowest BCUT2D eigenvalue weighted by atomic mass is 10.0. The second-order valence-corrected chi connectivity index (χ2v) is 5.20. The third kappa shape index (κ3) is 2.03. The van der Waals surface area contributed by atoms with Crippen LogP contribution in [0.4, 0.5) is 0 Å². The maximum absolute atomic E-state index is 5.18. The molecule has 0 amide bonds. The topological polar surface area (TPSA) is 41.8 Å². The number of nitrogens with one attached hydrogen (secondary N) is 1. The van der Waals surface area contributed by atoms with E-state index in [0.29, 0.717) is 0 Å². The Balaban J connectivity index is 1.91. The van der Waals surface area contributed by atoms with Crippen LogP contribution in [0.1, 0.15) is 5.56 Å². The number of hydrogen-bond donors (Lipinski definition) is 1. The summed E-state index contributed by atoms with van der Waals surface area (Å²) in [5.74, 6) is 0. The van der Waals surface area contributed by atoms with Crippen LogP contribution in [0.3, 0.4) is 0 Å². The number of benzene rings is 1. The molecule has 1 N–H and O–H groups in total. The Labute approximate surface area is 122 Å². The summed E-state index contributed by atoms with van der Waals surface area (Å²) >= 11 is 0. The molecular formula is C18H14N2O. The summed E-state index contributed by atoms with van der Waals surface area (Å²) in [7, 11) is 0. The van der Waals surface area contributed by atoms with Crippen molar-refractivity contribution in [2.75, 3.05) is 0 Å². The molecule has 3 heterocycles. The summed E-state index contributed by atoms with van der Waals surface area (Å²) in [5.41, 5.74) is 6.61. The Hall–Kier alpha value is -2.81. The molecule has 0 saturated heterocycles. The lowest BCUT2D eigenvalue weighted by Gasteiger charge is -2.03. The molecule has 0 unspecified atom stereocenters. The van der Waals surface area contributed by atoms with Crippen molar-refractivity contribution >= 4 is 11.0 Å². The van der Waals surface area contributed by atoms with Crippen LogP contribution in [-0.4, -0.2) is 9.97 Å². The molecule has 0 bridgehead atoms. The molecule has 4 aromatic rings. The van der Waals surface area contributed by atoms with E-state index >= 15 is 0 Å². The van der Waals surface area contributed by atoms with E-state index in [1.807, 2.05) is 18.5 Å². The highest BCUT2D eigenvalue weighted by atomic mass is 16.3. The number of fused-ring (bicyclic) bond motifs is 1. The van der Waals surface area contributed by atoms with Crippen molar-refractivity contribution in [3.05, 3.63) is 66.9 Å². The average molecular weight is 274 g/mol. The predicted molar refractivity (Wildman–Crippen MR) is 84.0 cm³/mol. The Morgan fingerprint density at radius 1 is 1.05 bits per heavy atom. The molecule has 0 fully saturated rings. The monoisotopic (exact) mass is 274 g/mol. The lowest BCUT2D eigenvalue weighted by Crippen LogP contribution is -1.83. The van der Waals surface area contributed by atoms with Gasteiger partial charge in [0.1, 0.15) is 5.65 Å². The van der Waals surface area contributed by atoms with Gasteiger partial charge in [-0.25, -0.2) is 4.98 Å². The normalized spacial score (nSPS) is 11.1. The number of furan rings is 1. The molecule has 0 saturated carbocycles. The number of rotatable bonds is 2. The van der Waals surface area contributed by atoms with E-state index in [9.17, 15) is 0 Å². The molecule has 21 heavy (non-hydrogen) atoms. The highest BCUT2D eigenvalue weighted by molar-refractivity contribution is 5.95. The molecule has 3 aromatic heterocycles. The molecule has 0 aliphatic carbocycles. The minimum absolute atomic E-state index is 0.891. The van der Waals surface area contributed by atoms with Gasteiger partial charge >= 0.3 is 0 Å². The SMILES string of the molecule is Cc1cccc(-c2cnc3[nH]cc(-c4ccoc4)c3c2)c1. The Kier molecular flexibility index (Phi) is 2.64. The zero-order chi connectivity index (χ0) is 14.2. The number of H-pyrrole nitrogens is 1. The third-order valence-electron chi connectivity index (χ3n) is 3.71. The van der Waals surface area contributed by atoms with Crippen LogP contribution in [0, 0.1) is 6.92 Å². The zero-order valence-corrected chi connectivity index (χ0v) is 11.6. The minimum atomic E-state index is 0.891. The van der Waals surface area contributed by atoms with E-state index in [2.05, 4.69) is 47.2 Å². The maximum atomic E-state index is 5.18. The first-order valence-corrected chi connectivity index (χ1v) is 6.88. The summed E-state index contributed by atoms with van der Waals surface area (Å²) in [6.45, 7) is 2.10. The van der Waals surface area contributed by atoms with Crippen LogP contribution >= 0.6 is 0 Å². The molecule has 102 valence electrons. The molecule has 0 radical (unpaired) electrons. The van der Waals surface area contributed by atoms with Crippen LogP contribution in [0.2, 0.25) is 0 Å². The minimum Gasteiger partial charge on any atom is -0.472 e. The number of aryl methyl sites for hydroxylation is 1. The number of pyridine rings is 1. The fourth-order valence-corrected chi connectivity index (χ4v) is 2.64. The van der Waals surface area contributed by atoms with Crippen LogP contribution in [-0.2, 0) is 0 Å². The van der Waals surface area contributed by atoms with Crippen LogP contribution in [0.5, 0.6) is 0 Å². The summed E-state index contributed by atoms with van der Waals surface area (Å²) in [5, 5.41) is 1.11. The predicted octanol–water partition coefficient (Wildman–Crippen LogP) is 4.80. The first-order chi connectivity index (χ1) is 10.3. The van der Waals surface area contributed by atoms with Crippen molar-refractivity contribution in [3.8, 4) is 22.3 Å². The highest BCUT2D eigenvalue weighted by Gasteiger charge is 2.09. The van der Waals surface area contributed by atoms with Gasteiger partial charge in [-0.1, -0.05) is 29.8 Å². The standard InChI is InChI=1S/C18H14N2O/c1-12-3-2-4-13(7-12)15-8-16-17(14-5-6-21-11-14)10-20-18(16)19-9-15/h2-11H,1H3,(H,19,20). The van der Waals surface area contributed by atoms with E-state index in [0.717, 1.165) is 27.7 Å². The third-order valence-corrected chi connectivity index (χ3v) is 3.71. The van der Waals surface area contributed by atoms with Gasteiger partial charge in [-0.2, -0.15) is 0 Å². The maximum Gasteiger partial charge on any atom is 0.137 e. The quantitative estimate of drug-likeness (QED) is 0.570. The van der Waals surface area contributed by atoms with Crippen molar-refractivity contribution in [2.24, 2.45) is 0 Å². The Morgan fingerprint density at radius 3 is 2.81 bits per heavy atom. The number of hydrogen-bond acceptors (Lipinski definition) is 2. The molecule has 0 spiro atoms. The summed E-state index contributed by atoms with van der Waals surface area (Å²) < 4.78 is 5.18. The van der Waals surface area contributed by atoms with Crippen LogP contribution in [0.25, 0.3) is 33.3 Å². The molecule has 4 rings (SSSR count). The van der Waals surface area contributed by atoms with Crippen molar-refractivity contribution in [2.45, 2.75) is 6.92 Å². The van der Waals surface area contributed by atoms with Gasteiger partial charge in [0.25, 0.3) is 0 Å². The first kappa shape index (κ1) is 12.0. The Morgan fingerprint density at radius 2 is 2.00 bits per heavy atom. The summed E-state index contributed by atoms with van der Waals surface area (Å²) in [6.07, 6.45) is 7.32. The summed E-state index contributed by atoms with van der Waals surface area (Å²) in [4.78, 5) is 7.75. The largest absolute Gasteiger partial charge is 0.472 e. The van der Waals surface area contributed by atoms with Crippen molar-refractivity contribution in [3.63, 3.8) is 0 Å². The van der Waals surface area contributed by atoms with Gasteiger partial charge in [0, 0.05) is 34.5 Å². The number of aromatic amines is 1. The average Bonchev–Trinajstić information content (AvgIpc) is 3.15. The fourth-order valence-electron chi connectivity index (χ4n) is 2.64. The smallest absolute Gasteiger partial charge is 0.137 e. The van der Waals surface area contributed by atoms with Crippen molar-refractivity contribution in [1.82, 2.24) is 9.97 Å². The molecule has 1 aromatic carbocycles. The van der Waals surface area contributed by atoms with E-state index in [1.165, 1.54) is 11.1 Å². The number of aromatic nitrogens is 2. The van der Waals surface area contributed by atoms with Crippen LogP contribution < -0.4 is 0 Å². The zero-order valence-electron chi connectivity index (χ0n) is 11.6. The van der Waals surface area contributed by atoms with Gasteiger partial charge in [0.05, 0.1) is 12.5 Å². The van der Waals surface area contributed by atoms with Gasteiger partial charge in [0.2, 0.25) is 0 Å². The molecule has 3 nitrogen and oxygen atoms in total. The van der Waals surface area contributed by atoms with E-state index in [1.54, 1.807) is 12.5 Å². The highest BCUT2D eigenvalue weighted by Crippen LogP contribution is 2.31. The van der Waals surface area contributed by atoms with E-state index in [4.69, 9.17) is 4.42 Å². The fraction of sp³-hybridized carbons (Fsp3) is 0.0556. The van der Waals surface area contributed by atoms with Gasteiger partial charge < -0.3 is 9.40 Å². The van der Waals surface area contributed by atoms with Gasteiger partial charge in [-0.15, -0.1) is 0 Å². The van der Waals surface area contributed by atoms with Crippen LogP contribution in [0.15, 0.2) is 65.7 Å². The van der Waals surface area contributed by atoms with E-state index in [-0.39, 0.29) is 0 Å². The van der Waals surface area contributed by atoms with Gasteiger partial charge in [-0.3, -0.25) is 0 Å². The molecule has 0 aliphatic heterocycles. The number of nitrogens with zero attached hydrogens (tertiary/aromatic N) is 1. The second-order valence-electron chi connectivity index (χ2n) is 5.20.